The summed E-state index contributed by atoms with van der Waals surface area (Å²) in [6, 6.07) is 0.867. The average Bonchev–Trinajstić information content (AvgIpc) is 2.76. The highest BCUT2D eigenvalue weighted by Gasteiger charge is 2.31. The molecule has 0 aromatic rings. The second-order valence-corrected chi connectivity index (χ2v) is 7.53. The molecule has 0 aromatic heterocycles. The molecule has 7 nitrogen and oxygen atoms in total. The number of nitrogens with zero attached hydrogens (tertiary/aromatic N) is 1. The lowest BCUT2D eigenvalue weighted by molar-refractivity contribution is -0.130. The Bertz CT molecular complexity index is 460. The Labute approximate surface area is 138 Å². The Hall–Kier alpha value is -0.410. The van der Waals surface area contributed by atoms with Crippen LogP contribution in [0.2, 0.25) is 0 Å². The molecule has 0 aliphatic carbocycles. The highest BCUT2D eigenvalue weighted by Crippen LogP contribution is 2.20. The first kappa shape index (κ1) is 19.6. The minimum atomic E-state index is -3.45. The number of nitrogens with one attached hydrogen (secondary N) is 2. The van der Waals surface area contributed by atoms with Crippen LogP contribution in [0.5, 0.6) is 0 Å². The van der Waals surface area contributed by atoms with Gasteiger partial charge in [0.1, 0.15) is 0 Å². The second kappa shape index (κ2) is 9.02. The van der Waals surface area contributed by atoms with Crippen LogP contribution in [0, 0.1) is 0 Å². The van der Waals surface area contributed by atoms with Crippen LogP contribution in [0.15, 0.2) is 0 Å². The first-order chi connectivity index (χ1) is 10.00. The lowest BCUT2D eigenvalue weighted by Crippen LogP contribution is -2.44. The lowest BCUT2D eigenvalue weighted by atomic mass is 10.1. The zero-order valence-corrected chi connectivity index (χ0v) is 14.5. The first-order valence-corrected chi connectivity index (χ1v) is 9.24. The average molecular weight is 356 g/mol. The van der Waals surface area contributed by atoms with Crippen molar-refractivity contribution < 1.29 is 17.9 Å². The summed E-state index contributed by atoms with van der Waals surface area (Å²) in [6.07, 6.45) is 3.21. The molecule has 2 aliphatic heterocycles. The normalized spacial score (nSPS) is 24.7. The van der Waals surface area contributed by atoms with Crippen molar-refractivity contribution in [3.05, 3.63) is 0 Å². The summed E-state index contributed by atoms with van der Waals surface area (Å²) in [7, 11) is -3.45. The summed E-state index contributed by atoms with van der Waals surface area (Å²) in [6.45, 7) is 3.66. The van der Waals surface area contributed by atoms with E-state index in [0.29, 0.717) is 31.8 Å². The minimum absolute atomic E-state index is 0. The molecule has 2 fully saturated rings. The number of carbonyl (C=O) groups is 1. The monoisotopic (exact) mass is 355 g/mol. The molecule has 130 valence electrons. The maximum Gasteiger partial charge on any atom is 0.237 e. The second-order valence-electron chi connectivity index (χ2n) is 5.60. The van der Waals surface area contributed by atoms with Gasteiger partial charge in [0.2, 0.25) is 15.9 Å². The van der Waals surface area contributed by atoms with E-state index in [1.54, 1.807) is 4.90 Å². The summed E-state index contributed by atoms with van der Waals surface area (Å²) < 4.78 is 30.8. The van der Waals surface area contributed by atoms with Crippen LogP contribution in [0.3, 0.4) is 0 Å². The van der Waals surface area contributed by atoms with Gasteiger partial charge in [0.05, 0.1) is 18.9 Å². The van der Waals surface area contributed by atoms with Gasteiger partial charge in [0.15, 0.2) is 0 Å². The van der Waals surface area contributed by atoms with Crippen molar-refractivity contribution in [3.63, 3.8) is 0 Å². The van der Waals surface area contributed by atoms with E-state index in [4.69, 9.17) is 4.74 Å². The molecule has 2 heterocycles. The van der Waals surface area contributed by atoms with Crippen LogP contribution < -0.4 is 10.0 Å². The van der Waals surface area contributed by atoms with E-state index in [-0.39, 0.29) is 37.2 Å². The van der Waals surface area contributed by atoms with Gasteiger partial charge in [-0.1, -0.05) is 0 Å². The highest BCUT2D eigenvalue weighted by molar-refractivity contribution is 7.89. The van der Waals surface area contributed by atoms with Gasteiger partial charge in [-0.05, 0) is 26.2 Å². The summed E-state index contributed by atoms with van der Waals surface area (Å²) in [5.74, 6) is -0.260. The van der Waals surface area contributed by atoms with Gasteiger partial charge in [-0.3, -0.25) is 4.79 Å². The van der Waals surface area contributed by atoms with Gasteiger partial charge in [-0.2, -0.15) is 0 Å². The Morgan fingerprint density at radius 2 is 2.05 bits per heavy atom. The Morgan fingerprint density at radius 3 is 2.77 bits per heavy atom. The molecule has 2 bridgehead atoms. The zero-order chi connectivity index (χ0) is 15.3. The van der Waals surface area contributed by atoms with E-state index < -0.39 is 10.0 Å². The Balaban J connectivity index is 0.00000242. The topological polar surface area (TPSA) is 87.7 Å². The number of amides is 1. The summed E-state index contributed by atoms with van der Waals surface area (Å²) in [4.78, 5) is 13.9. The molecule has 2 saturated heterocycles. The molecular formula is C13H26ClN3O4S. The van der Waals surface area contributed by atoms with Crippen molar-refractivity contribution in [2.45, 2.75) is 38.3 Å². The summed E-state index contributed by atoms with van der Waals surface area (Å²) >= 11 is 0. The molecule has 22 heavy (non-hydrogen) atoms. The molecule has 0 spiro atoms. The third-order valence-electron chi connectivity index (χ3n) is 4.02. The molecule has 2 rings (SSSR count). The third-order valence-corrected chi connectivity index (χ3v) is 5.31. The molecule has 9 heteroatoms. The van der Waals surface area contributed by atoms with Crippen LogP contribution in [0.4, 0.5) is 0 Å². The van der Waals surface area contributed by atoms with Crippen molar-refractivity contribution in [2.75, 3.05) is 38.6 Å². The predicted octanol–water partition coefficient (Wildman–Crippen LogP) is -0.283. The molecule has 2 unspecified atom stereocenters. The van der Waals surface area contributed by atoms with Gasteiger partial charge < -0.3 is 15.0 Å². The third kappa shape index (κ3) is 6.00. The maximum atomic E-state index is 12.1. The van der Waals surface area contributed by atoms with E-state index in [9.17, 15) is 13.2 Å². The van der Waals surface area contributed by atoms with Crippen molar-refractivity contribution in [1.82, 2.24) is 14.9 Å². The largest absolute Gasteiger partial charge is 0.381 e. The van der Waals surface area contributed by atoms with Gasteiger partial charge >= 0.3 is 0 Å². The number of sulfonamides is 1. The fourth-order valence-electron chi connectivity index (χ4n) is 2.84. The Morgan fingerprint density at radius 1 is 1.32 bits per heavy atom. The van der Waals surface area contributed by atoms with Crippen LogP contribution in [0.1, 0.15) is 26.2 Å². The van der Waals surface area contributed by atoms with E-state index >= 15 is 0 Å². The first-order valence-electron chi connectivity index (χ1n) is 7.59. The van der Waals surface area contributed by atoms with Crippen LogP contribution in [-0.2, 0) is 19.6 Å². The molecule has 0 saturated carbocycles. The molecule has 2 atom stereocenters. The molecule has 2 aliphatic rings. The van der Waals surface area contributed by atoms with E-state index in [0.717, 1.165) is 12.8 Å². The Kier molecular flexibility index (Phi) is 8.06. The van der Waals surface area contributed by atoms with E-state index in [1.807, 2.05) is 6.92 Å². The number of likely N-dealkylation sites (tertiary alicyclic amines) is 1. The van der Waals surface area contributed by atoms with E-state index in [1.165, 1.54) is 6.42 Å². The summed E-state index contributed by atoms with van der Waals surface area (Å²) in [5.41, 5.74) is 0. The lowest BCUT2D eigenvalue weighted by Gasteiger charge is -2.24. The molecule has 2 N–H and O–H groups in total. The molecular weight excluding hydrogens is 330 g/mol. The number of hydrogen-bond acceptors (Lipinski definition) is 5. The van der Waals surface area contributed by atoms with Crippen molar-refractivity contribution in [2.24, 2.45) is 0 Å². The maximum absolute atomic E-state index is 12.1. The molecule has 1 amide bonds. The fourth-order valence-corrected chi connectivity index (χ4v) is 3.66. The van der Waals surface area contributed by atoms with Gasteiger partial charge in [-0.25, -0.2) is 13.1 Å². The van der Waals surface area contributed by atoms with Gasteiger partial charge in [-0.15, -0.1) is 12.4 Å². The van der Waals surface area contributed by atoms with E-state index in [2.05, 4.69) is 10.0 Å². The predicted molar refractivity (Wildman–Crippen MR) is 86.7 cm³/mol. The molecule has 0 aromatic carbocycles. The van der Waals surface area contributed by atoms with Crippen molar-refractivity contribution in [1.29, 1.82) is 0 Å². The minimum Gasteiger partial charge on any atom is -0.381 e. The summed E-state index contributed by atoms with van der Waals surface area (Å²) in [5, 5.41) is 3.50. The number of rotatable bonds is 7. The highest BCUT2D eigenvalue weighted by atomic mass is 35.5. The zero-order valence-electron chi connectivity index (χ0n) is 12.9. The van der Waals surface area contributed by atoms with Gasteiger partial charge in [0.25, 0.3) is 0 Å². The number of halogens is 1. The number of ether oxygens (including phenoxy) is 1. The van der Waals surface area contributed by atoms with Gasteiger partial charge in [0, 0.05) is 31.8 Å². The van der Waals surface area contributed by atoms with Crippen molar-refractivity contribution >= 4 is 28.3 Å². The smallest absolute Gasteiger partial charge is 0.237 e. The quantitative estimate of drug-likeness (QED) is 0.613. The standard InChI is InChI=1S/C13H25N3O4S.ClH/c1-2-20-7-8-21(18,19)14-9-13(17)16-6-5-11-3-4-12(10-16)15-11;/h11-12,14-15H,2-10H2,1H3;1H. The van der Waals surface area contributed by atoms with Crippen LogP contribution in [0.25, 0.3) is 0 Å². The fraction of sp³-hybridized carbons (Fsp3) is 0.923. The number of fused-ring (bicyclic) bond motifs is 2. The van der Waals surface area contributed by atoms with Crippen LogP contribution >= 0.6 is 12.4 Å². The molecule has 0 radical (unpaired) electrons. The number of hydrogen-bond donors (Lipinski definition) is 2. The van der Waals surface area contributed by atoms with Crippen molar-refractivity contribution in [3.8, 4) is 0 Å². The SMILES string of the molecule is CCOCCS(=O)(=O)NCC(=O)N1CCC2CCC(C1)N2.Cl. The number of carbonyl (C=O) groups excluding carboxylic acids is 1. The van der Waals surface area contributed by atoms with Crippen LogP contribution in [-0.4, -0.2) is 69.9 Å².